The van der Waals surface area contributed by atoms with Gasteiger partial charge in [0.2, 0.25) is 5.91 Å². The van der Waals surface area contributed by atoms with Gasteiger partial charge < -0.3 is 4.90 Å². The standard InChI is InChI=1S/C20H23FN4O2/c1-2-23-13-22-16-12-24(11-9-14(16)19(23)26)18-8-5-10-25(20(18)27)17-7-4-3-6-15(17)21/h3-4,6-7,13,18H,2,5,8-12H2,1H3. The fourth-order valence-corrected chi connectivity index (χ4v) is 4.08. The van der Waals surface area contributed by atoms with Crippen molar-refractivity contribution in [2.45, 2.75) is 45.3 Å². The average molecular weight is 370 g/mol. The molecule has 7 heteroatoms. The summed E-state index contributed by atoms with van der Waals surface area (Å²) in [7, 11) is 0. The van der Waals surface area contributed by atoms with Crippen LogP contribution in [0.2, 0.25) is 0 Å². The lowest BCUT2D eigenvalue weighted by Gasteiger charge is -2.40. The van der Waals surface area contributed by atoms with E-state index in [9.17, 15) is 14.0 Å². The number of hydrogen-bond donors (Lipinski definition) is 0. The summed E-state index contributed by atoms with van der Waals surface area (Å²) in [5, 5.41) is 0. The molecule has 0 bridgehead atoms. The van der Waals surface area contributed by atoms with Crippen LogP contribution in [-0.4, -0.2) is 39.5 Å². The summed E-state index contributed by atoms with van der Waals surface area (Å²) in [4.78, 5) is 33.6. The first kappa shape index (κ1) is 17.9. The predicted octanol–water partition coefficient (Wildman–Crippen LogP) is 1.96. The van der Waals surface area contributed by atoms with Gasteiger partial charge in [-0.05, 0) is 38.3 Å². The Bertz CT molecular complexity index is 926. The number of halogens is 1. The van der Waals surface area contributed by atoms with E-state index in [1.54, 1.807) is 34.0 Å². The summed E-state index contributed by atoms with van der Waals surface area (Å²) >= 11 is 0. The third-order valence-corrected chi connectivity index (χ3v) is 5.56. The van der Waals surface area contributed by atoms with Gasteiger partial charge in [0, 0.05) is 31.7 Å². The van der Waals surface area contributed by atoms with Crippen molar-refractivity contribution in [1.82, 2.24) is 14.5 Å². The number of benzene rings is 1. The summed E-state index contributed by atoms with van der Waals surface area (Å²) in [6, 6.07) is 6.10. The third kappa shape index (κ3) is 3.16. The first-order chi connectivity index (χ1) is 13.1. The Morgan fingerprint density at radius 1 is 1.22 bits per heavy atom. The molecular weight excluding hydrogens is 347 g/mol. The van der Waals surface area contributed by atoms with Crippen LogP contribution in [0.15, 0.2) is 35.4 Å². The van der Waals surface area contributed by atoms with E-state index >= 15 is 0 Å². The zero-order chi connectivity index (χ0) is 19.0. The van der Waals surface area contributed by atoms with Crippen molar-refractivity contribution in [2.24, 2.45) is 0 Å². The van der Waals surface area contributed by atoms with Gasteiger partial charge in [0.05, 0.1) is 23.8 Å². The molecule has 0 saturated carbocycles. The van der Waals surface area contributed by atoms with E-state index in [1.165, 1.54) is 6.07 Å². The van der Waals surface area contributed by atoms with Gasteiger partial charge in [-0.1, -0.05) is 12.1 Å². The van der Waals surface area contributed by atoms with E-state index in [2.05, 4.69) is 9.88 Å². The molecule has 1 amide bonds. The SMILES string of the molecule is CCn1cnc2c(c1=O)CCN(C1CCCN(c3ccccc3F)C1=O)C2. The summed E-state index contributed by atoms with van der Waals surface area (Å²) in [5.74, 6) is -0.450. The number of aromatic nitrogens is 2. The molecule has 1 unspecified atom stereocenters. The Kier molecular flexibility index (Phi) is 4.78. The molecule has 0 N–H and O–H groups in total. The molecular formula is C20H23FN4O2. The number of amides is 1. The molecule has 4 rings (SSSR count). The van der Waals surface area contributed by atoms with Crippen molar-refractivity contribution < 1.29 is 9.18 Å². The first-order valence-electron chi connectivity index (χ1n) is 9.47. The maximum Gasteiger partial charge on any atom is 0.256 e. The number of aryl methyl sites for hydroxylation is 1. The Morgan fingerprint density at radius 3 is 2.81 bits per heavy atom. The second-order valence-electron chi connectivity index (χ2n) is 7.08. The zero-order valence-corrected chi connectivity index (χ0v) is 15.4. The highest BCUT2D eigenvalue weighted by atomic mass is 19.1. The highest BCUT2D eigenvalue weighted by Gasteiger charge is 2.36. The lowest BCUT2D eigenvalue weighted by Crippen LogP contribution is -2.54. The highest BCUT2D eigenvalue weighted by molar-refractivity contribution is 5.98. The number of hydrogen-bond acceptors (Lipinski definition) is 4. The van der Waals surface area contributed by atoms with Crippen LogP contribution in [-0.2, 0) is 24.3 Å². The molecule has 1 fully saturated rings. The van der Waals surface area contributed by atoms with Crippen LogP contribution in [0, 0.1) is 5.82 Å². The Balaban J connectivity index is 1.57. The Labute approximate surface area is 157 Å². The Morgan fingerprint density at radius 2 is 2.04 bits per heavy atom. The van der Waals surface area contributed by atoms with Crippen LogP contribution in [0.5, 0.6) is 0 Å². The number of piperidine rings is 1. The van der Waals surface area contributed by atoms with E-state index < -0.39 is 0 Å². The zero-order valence-electron chi connectivity index (χ0n) is 15.4. The van der Waals surface area contributed by atoms with Crippen LogP contribution in [0.4, 0.5) is 10.1 Å². The van der Waals surface area contributed by atoms with Gasteiger partial charge in [-0.2, -0.15) is 0 Å². The summed E-state index contributed by atoms with van der Waals surface area (Å²) in [6.45, 7) is 4.17. The minimum atomic E-state index is -0.378. The molecule has 0 radical (unpaired) electrons. The van der Waals surface area contributed by atoms with Crippen molar-refractivity contribution in [3.8, 4) is 0 Å². The number of fused-ring (bicyclic) bond motifs is 1. The quantitative estimate of drug-likeness (QED) is 0.829. The third-order valence-electron chi connectivity index (χ3n) is 5.56. The second-order valence-corrected chi connectivity index (χ2v) is 7.08. The van der Waals surface area contributed by atoms with Gasteiger partial charge in [-0.25, -0.2) is 9.37 Å². The average Bonchev–Trinajstić information content (AvgIpc) is 2.69. The molecule has 1 aromatic carbocycles. The van der Waals surface area contributed by atoms with Gasteiger partial charge in [-0.15, -0.1) is 0 Å². The van der Waals surface area contributed by atoms with Crippen molar-refractivity contribution in [1.29, 1.82) is 0 Å². The smallest absolute Gasteiger partial charge is 0.256 e. The van der Waals surface area contributed by atoms with Gasteiger partial charge in [0.25, 0.3) is 5.56 Å². The van der Waals surface area contributed by atoms with E-state index in [1.807, 2.05) is 6.92 Å². The van der Waals surface area contributed by atoms with Gasteiger partial charge >= 0.3 is 0 Å². The number of carbonyl (C=O) groups is 1. The maximum atomic E-state index is 14.2. The molecule has 2 aromatic rings. The minimum absolute atomic E-state index is 0.0186. The second kappa shape index (κ2) is 7.23. The predicted molar refractivity (Wildman–Crippen MR) is 100 cm³/mol. The van der Waals surface area contributed by atoms with Gasteiger partial charge in [0.1, 0.15) is 5.82 Å². The van der Waals surface area contributed by atoms with E-state index in [0.29, 0.717) is 38.3 Å². The maximum absolute atomic E-state index is 14.2. The minimum Gasteiger partial charge on any atom is -0.308 e. The van der Waals surface area contributed by atoms with Gasteiger partial charge in [0.15, 0.2) is 0 Å². The fourth-order valence-electron chi connectivity index (χ4n) is 4.08. The monoisotopic (exact) mass is 370 g/mol. The molecule has 27 heavy (non-hydrogen) atoms. The summed E-state index contributed by atoms with van der Waals surface area (Å²) in [6.07, 6.45) is 3.73. The number of rotatable bonds is 3. The van der Waals surface area contributed by atoms with E-state index in [4.69, 9.17) is 0 Å². The molecule has 0 spiro atoms. The molecule has 0 aliphatic carbocycles. The Hall–Kier alpha value is -2.54. The van der Waals surface area contributed by atoms with Crippen molar-refractivity contribution >= 4 is 11.6 Å². The first-order valence-corrected chi connectivity index (χ1v) is 9.47. The molecule has 1 atom stereocenters. The van der Waals surface area contributed by atoms with Crippen LogP contribution in [0.1, 0.15) is 31.0 Å². The molecule has 2 aliphatic rings. The van der Waals surface area contributed by atoms with Crippen LogP contribution in [0.3, 0.4) is 0 Å². The van der Waals surface area contributed by atoms with Crippen molar-refractivity contribution in [3.63, 3.8) is 0 Å². The normalized spacial score (nSPS) is 20.6. The lowest BCUT2D eigenvalue weighted by molar-refractivity contribution is -0.125. The molecule has 3 heterocycles. The van der Waals surface area contributed by atoms with Crippen LogP contribution >= 0.6 is 0 Å². The highest BCUT2D eigenvalue weighted by Crippen LogP contribution is 2.28. The van der Waals surface area contributed by atoms with E-state index in [0.717, 1.165) is 24.1 Å². The fraction of sp³-hybridized carbons (Fsp3) is 0.450. The van der Waals surface area contributed by atoms with Crippen LogP contribution in [0.25, 0.3) is 0 Å². The van der Waals surface area contributed by atoms with E-state index in [-0.39, 0.29) is 23.3 Å². The molecule has 1 saturated heterocycles. The lowest BCUT2D eigenvalue weighted by atomic mass is 9.98. The number of anilines is 1. The molecule has 142 valence electrons. The summed E-state index contributed by atoms with van der Waals surface area (Å²) < 4.78 is 15.8. The molecule has 6 nitrogen and oxygen atoms in total. The number of nitrogens with zero attached hydrogens (tertiary/aromatic N) is 4. The molecule has 1 aromatic heterocycles. The summed E-state index contributed by atoms with van der Waals surface area (Å²) in [5.41, 5.74) is 1.87. The molecule has 2 aliphatic heterocycles. The van der Waals surface area contributed by atoms with Crippen molar-refractivity contribution in [2.75, 3.05) is 18.0 Å². The number of carbonyl (C=O) groups excluding carboxylic acids is 1. The number of para-hydroxylation sites is 1. The largest absolute Gasteiger partial charge is 0.308 e. The van der Waals surface area contributed by atoms with Crippen molar-refractivity contribution in [3.05, 3.63) is 58.0 Å². The topological polar surface area (TPSA) is 58.4 Å². The van der Waals surface area contributed by atoms with Gasteiger partial charge in [-0.3, -0.25) is 19.1 Å². The van der Waals surface area contributed by atoms with Crippen LogP contribution < -0.4 is 10.5 Å².